The van der Waals surface area contributed by atoms with E-state index in [2.05, 4.69) is 15.4 Å². The van der Waals surface area contributed by atoms with Crippen LogP contribution in [0.3, 0.4) is 0 Å². The fourth-order valence-corrected chi connectivity index (χ4v) is 2.64. The summed E-state index contributed by atoms with van der Waals surface area (Å²) in [5.41, 5.74) is 3.75. The van der Waals surface area contributed by atoms with Gasteiger partial charge in [0.1, 0.15) is 5.56 Å². The summed E-state index contributed by atoms with van der Waals surface area (Å²) in [6.07, 6.45) is 4.94. The van der Waals surface area contributed by atoms with Gasteiger partial charge in [0.05, 0.1) is 6.20 Å². The van der Waals surface area contributed by atoms with Crippen molar-refractivity contribution in [1.29, 1.82) is 0 Å². The molecule has 4 aromatic rings. The lowest BCUT2D eigenvalue weighted by Crippen LogP contribution is -2.12. The lowest BCUT2D eigenvalue weighted by Gasteiger charge is -2.10. The number of aromatic nitrogens is 3. The van der Waals surface area contributed by atoms with E-state index < -0.39 is 0 Å². The highest BCUT2D eigenvalue weighted by Crippen LogP contribution is 2.28. The van der Waals surface area contributed by atoms with Gasteiger partial charge < -0.3 is 5.32 Å². The Hall–Kier alpha value is -3.47. The van der Waals surface area contributed by atoms with Crippen molar-refractivity contribution in [3.63, 3.8) is 0 Å². The summed E-state index contributed by atoms with van der Waals surface area (Å²) in [7, 11) is 0. The van der Waals surface area contributed by atoms with E-state index in [0.29, 0.717) is 11.2 Å². The van der Waals surface area contributed by atoms with Crippen molar-refractivity contribution in [2.75, 3.05) is 5.32 Å². The molecule has 5 nitrogen and oxygen atoms in total. The van der Waals surface area contributed by atoms with Crippen LogP contribution in [0.15, 0.2) is 79.3 Å². The Balaban J connectivity index is 1.70. The van der Waals surface area contributed by atoms with Crippen LogP contribution in [-0.2, 0) is 0 Å². The normalized spacial score (nSPS) is 10.7. The lowest BCUT2D eigenvalue weighted by molar-refractivity contribution is 0.102. The monoisotopic (exact) mass is 314 g/mol. The molecular weight excluding hydrogens is 300 g/mol. The van der Waals surface area contributed by atoms with Gasteiger partial charge in [-0.05, 0) is 17.7 Å². The number of hydrogen-bond acceptors (Lipinski definition) is 3. The standard InChI is InChI=1S/C19H14N4O/c24-19(16-13-21-23-12-6-11-20-18(16)23)22-17-10-5-4-9-15(17)14-7-2-1-3-8-14/h1-13H,(H,22,24). The molecule has 0 saturated heterocycles. The van der Waals surface area contributed by atoms with Crippen LogP contribution in [0.5, 0.6) is 0 Å². The average Bonchev–Trinajstić information content (AvgIpc) is 3.07. The Labute approximate surface area is 138 Å². The van der Waals surface area contributed by atoms with Gasteiger partial charge in [0.25, 0.3) is 5.91 Å². The maximum Gasteiger partial charge on any atom is 0.261 e. The fourth-order valence-electron chi connectivity index (χ4n) is 2.64. The van der Waals surface area contributed by atoms with Gasteiger partial charge in [-0.2, -0.15) is 5.10 Å². The minimum atomic E-state index is -0.230. The zero-order valence-corrected chi connectivity index (χ0v) is 12.8. The number of carbonyl (C=O) groups is 1. The maximum atomic E-state index is 12.7. The Kier molecular flexibility index (Phi) is 3.51. The van der Waals surface area contributed by atoms with Crippen molar-refractivity contribution in [2.24, 2.45) is 0 Å². The number of fused-ring (bicyclic) bond motifs is 1. The summed E-state index contributed by atoms with van der Waals surface area (Å²) < 4.78 is 1.58. The molecule has 0 aliphatic rings. The van der Waals surface area contributed by atoms with Crippen LogP contribution in [0.1, 0.15) is 10.4 Å². The number of carbonyl (C=O) groups excluding carboxylic acids is 1. The number of benzene rings is 2. The van der Waals surface area contributed by atoms with Gasteiger partial charge in [0.15, 0.2) is 5.65 Å². The van der Waals surface area contributed by atoms with Gasteiger partial charge in [-0.25, -0.2) is 9.50 Å². The van der Waals surface area contributed by atoms with E-state index in [0.717, 1.165) is 16.8 Å². The van der Waals surface area contributed by atoms with Crippen LogP contribution < -0.4 is 5.32 Å². The van der Waals surface area contributed by atoms with Gasteiger partial charge >= 0.3 is 0 Å². The van der Waals surface area contributed by atoms with E-state index in [1.807, 2.05) is 54.6 Å². The van der Waals surface area contributed by atoms with E-state index in [1.165, 1.54) is 6.20 Å². The van der Waals surface area contributed by atoms with Gasteiger partial charge in [-0.15, -0.1) is 0 Å². The summed E-state index contributed by atoms with van der Waals surface area (Å²) in [5, 5.41) is 7.13. The Morgan fingerprint density at radius 3 is 2.62 bits per heavy atom. The SMILES string of the molecule is O=C(Nc1ccccc1-c1ccccc1)c1cnn2cccnc12. The molecule has 0 atom stereocenters. The van der Waals surface area contributed by atoms with Crippen molar-refractivity contribution in [3.8, 4) is 11.1 Å². The molecule has 0 fully saturated rings. The lowest BCUT2D eigenvalue weighted by atomic mass is 10.0. The number of nitrogens with zero attached hydrogens (tertiary/aromatic N) is 3. The molecule has 2 heterocycles. The third kappa shape index (κ3) is 2.52. The number of anilines is 1. The van der Waals surface area contributed by atoms with Crippen LogP contribution in [0.4, 0.5) is 5.69 Å². The number of nitrogens with one attached hydrogen (secondary N) is 1. The first-order chi connectivity index (χ1) is 11.8. The topological polar surface area (TPSA) is 59.3 Å². The van der Waals surface area contributed by atoms with Crippen LogP contribution >= 0.6 is 0 Å². The van der Waals surface area contributed by atoms with E-state index in [1.54, 1.807) is 23.0 Å². The predicted octanol–water partition coefficient (Wildman–Crippen LogP) is 3.65. The summed E-state index contributed by atoms with van der Waals surface area (Å²) in [6.45, 7) is 0. The van der Waals surface area contributed by atoms with Crippen molar-refractivity contribution >= 4 is 17.2 Å². The molecule has 0 aliphatic carbocycles. The molecule has 0 spiro atoms. The van der Waals surface area contributed by atoms with Crippen LogP contribution in [0, 0.1) is 0 Å². The van der Waals surface area contributed by atoms with Crippen LogP contribution in [0.2, 0.25) is 0 Å². The van der Waals surface area contributed by atoms with E-state index >= 15 is 0 Å². The number of hydrogen-bond donors (Lipinski definition) is 1. The third-order valence-electron chi connectivity index (χ3n) is 3.78. The molecule has 0 unspecified atom stereocenters. The molecule has 5 heteroatoms. The van der Waals surface area contributed by atoms with Gasteiger partial charge in [-0.3, -0.25) is 4.79 Å². The fraction of sp³-hybridized carbons (Fsp3) is 0. The summed E-state index contributed by atoms with van der Waals surface area (Å²) in [4.78, 5) is 16.9. The van der Waals surface area contributed by atoms with Gasteiger partial charge in [0, 0.05) is 23.6 Å². The average molecular weight is 314 g/mol. The Morgan fingerprint density at radius 2 is 1.75 bits per heavy atom. The zero-order chi connectivity index (χ0) is 16.4. The molecule has 24 heavy (non-hydrogen) atoms. The van der Waals surface area contributed by atoms with Crippen molar-refractivity contribution in [2.45, 2.75) is 0 Å². The molecular formula is C19H14N4O. The second-order valence-electron chi connectivity index (χ2n) is 5.31. The molecule has 0 aliphatic heterocycles. The van der Waals surface area contributed by atoms with Crippen molar-refractivity contribution in [1.82, 2.24) is 14.6 Å². The van der Waals surface area contributed by atoms with E-state index in [-0.39, 0.29) is 5.91 Å². The molecule has 2 aromatic heterocycles. The van der Waals surface area contributed by atoms with Crippen LogP contribution in [0.25, 0.3) is 16.8 Å². The highest BCUT2D eigenvalue weighted by molar-refractivity contribution is 6.09. The first-order valence-corrected chi connectivity index (χ1v) is 7.57. The number of rotatable bonds is 3. The third-order valence-corrected chi connectivity index (χ3v) is 3.78. The highest BCUT2D eigenvalue weighted by atomic mass is 16.1. The largest absolute Gasteiger partial charge is 0.321 e. The smallest absolute Gasteiger partial charge is 0.261 e. The molecule has 1 amide bonds. The molecule has 0 radical (unpaired) electrons. The molecule has 0 bridgehead atoms. The zero-order valence-electron chi connectivity index (χ0n) is 12.8. The minimum Gasteiger partial charge on any atom is -0.321 e. The number of para-hydroxylation sites is 1. The second-order valence-corrected chi connectivity index (χ2v) is 5.31. The molecule has 1 N–H and O–H groups in total. The van der Waals surface area contributed by atoms with Gasteiger partial charge in [-0.1, -0.05) is 48.5 Å². The quantitative estimate of drug-likeness (QED) is 0.628. The second kappa shape index (κ2) is 5.96. The molecule has 2 aromatic carbocycles. The Bertz CT molecular complexity index is 1010. The van der Waals surface area contributed by atoms with Gasteiger partial charge in [0.2, 0.25) is 0 Å². The summed E-state index contributed by atoms with van der Waals surface area (Å²) in [6, 6.07) is 19.4. The first-order valence-electron chi connectivity index (χ1n) is 7.57. The summed E-state index contributed by atoms with van der Waals surface area (Å²) in [5.74, 6) is -0.230. The maximum absolute atomic E-state index is 12.7. The summed E-state index contributed by atoms with van der Waals surface area (Å²) >= 11 is 0. The van der Waals surface area contributed by atoms with E-state index in [4.69, 9.17) is 0 Å². The predicted molar refractivity (Wildman–Crippen MR) is 92.8 cm³/mol. The highest BCUT2D eigenvalue weighted by Gasteiger charge is 2.15. The molecule has 0 saturated carbocycles. The minimum absolute atomic E-state index is 0.230. The Morgan fingerprint density at radius 1 is 0.958 bits per heavy atom. The van der Waals surface area contributed by atoms with Crippen molar-refractivity contribution < 1.29 is 4.79 Å². The number of amides is 1. The van der Waals surface area contributed by atoms with Crippen molar-refractivity contribution in [3.05, 3.63) is 84.8 Å². The molecule has 4 rings (SSSR count). The van der Waals surface area contributed by atoms with Crippen LogP contribution in [-0.4, -0.2) is 20.5 Å². The van der Waals surface area contributed by atoms with E-state index in [9.17, 15) is 4.79 Å². The molecule has 116 valence electrons. The first kappa shape index (κ1) is 14.1.